The van der Waals surface area contributed by atoms with E-state index in [9.17, 15) is 0 Å². The zero-order valence-corrected chi connectivity index (χ0v) is 11.0. The first-order chi connectivity index (χ1) is 8.10. The van der Waals surface area contributed by atoms with E-state index in [2.05, 4.69) is 20.4 Å². The van der Waals surface area contributed by atoms with E-state index in [1.54, 1.807) is 6.26 Å². The van der Waals surface area contributed by atoms with Crippen molar-refractivity contribution < 1.29 is 9.47 Å². The quantitative estimate of drug-likeness (QED) is 0.693. The lowest BCUT2D eigenvalue weighted by molar-refractivity contribution is 0.457. The Morgan fingerprint density at radius 2 is 1.88 bits per heavy atom. The van der Waals surface area contributed by atoms with Gasteiger partial charge in [-0.3, -0.25) is 0 Å². The highest BCUT2D eigenvalue weighted by Gasteiger charge is 2.11. The summed E-state index contributed by atoms with van der Waals surface area (Å²) < 4.78 is 11.0. The lowest BCUT2D eigenvalue weighted by atomic mass is 10.00. The van der Waals surface area contributed by atoms with Crippen LogP contribution in [-0.4, -0.2) is 0 Å². The molecule has 0 unspecified atom stereocenters. The van der Waals surface area contributed by atoms with E-state index in [1.807, 2.05) is 32.1 Å². The molecular formula is C15H20O2. The molecule has 92 valence electrons. The highest BCUT2D eigenvalue weighted by atomic mass is 16.5. The van der Waals surface area contributed by atoms with E-state index in [0.717, 1.165) is 22.6 Å². The second kappa shape index (κ2) is 6.14. The normalized spacial score (nSPS) is 10.9. The topological polar surface area (TPSA) is 18.5 Å². The van der Waals surface area contributed by atoms with Gasteiger partial charge in [0.2, 0.25) is 0 Å². The number of aryl methyl sites for hydroxylation is 1. The molecule has 1 aromatic carbocycles. The van der Waals surface area contributed by atoms with Crippen LogP contribution in [0.4, 0.5) is 0 Å². The first-order valence-electron chi connectivity index (χ1n) is 5.80. The number of hydrogen-bond donors (Lipinski definition) is 0. The van der Waals surface area contributed by atoms with E-state index in [1.165, 1.54) is 6.26 Å². The average Bonchev–Trinajstić information content (AvgIpc) is 2.28. The molecular weight excluding hydrogens is 212 g/mol. The molecule has 1 aromatic rings. The zero-order valence-electron chi connectivity index (χ0n) is 11.0. The molecule has 17 heavy (non-hydrogen) atoms. The first kappa shape index (κ1) is 13.4. The molecule has 0 aromatic heterocycles. The largest absolute Gasteiger partial charge is 0.465 e. The van der Waals surface area contributed by atoms with Crippen molar-refractivity contribution in [3.05, 3.63) is 48.4 Å². The molecule has 0 aliphatic heterocycles. The van der Waals surface area contributed by atoms with Gasteiger partial charge in [0.15, 0.2) is 0 Å². The van der Waals surface area contributed by atoms with E-state index in [4.69, 9.17) is 9.47 Å². The third-order valence-electron chi connectivity index (χ3n) is 2.47. The van der Waals surface area contributed by atoms with E-state index < -0.39 is 0 Å². The van der Waals surface area contributed by atoms with Gasteiger partial charge in [0.1, 0.15) is 11.5 Å². The van der Waals surface area contributed by atoms with Gasteiger partial charge in [-0.05, 0) is 37.5 Å². The Kier molecular flexibility index (Phi) is 4.83. The second-order valence-corrected chi connectivity index (χ2v) is 4.18. The van der Waals surface area contributed by atoms with Crippen LogP contribution in [0, 0.1) is 6.92 Å². The Balaban J connectivity index is 3.18. The molecule has 2 nitrogen and oxygen atoms in total. The van der Waals surface area contributed by atoms with Gasteiger partial charge in [-0.1, -0.05) is 26.5 Å². The van der Waals surface area contributed by atoms with Gasteiger partial charge in [-0.15, -0.1) is 0 Å². The molecule has 0 fully saturated rings. The molecule has 0 aliphatic carbocycles. The third-order valence-corrected chi connectivity index (χ3v) is 2.47. The van der Waals surface area contributed by atoms with Crippen LogP contribution in [0.3, 0.4) is 0 Å². The van der Waals surface area contributed by atoms with Gasteiger partial charge < -0.3 is 9.47 Å². The number of rotatable bonds is 5. The van der Waals surface area contributed by atoms with Crippen LogP contribution in [-0.2, 0) is 0 Å². The van der Waals surface area contributed by atoms with Crippen LogP contribution in [0.15, 0.2) is 37.3 Å². The van der Waals surface area contributed by atoms with Crippen molar-refractivity contribution in [2.24, 2.45) is 0 Å². The molecule has 0 saturated heterocycles. The van der Waals surface area contributed by atoms with E-state index in [-0.39, 0.29) is 0 Å². The first-order valence-corrected chi connectivity index (χ1v) is 5.80. The summed E-state index contributed by atoms with van der Waals surface area (Å²) in [6.07, 6.45) is 5.00. The predicted molar refractivity (Wildman–Crippen MR) is 71.5 cm³/mol. The molecule has 0 amide bonds. The van der Waals surface area contributed by atoms with Gasteiger partial charge >= 0.3 is 0 Å². The molecule has 0 spiro atoms. The van der Waals surface area contributed by atoms with Crippen LogP contribution in [0.25, 0.3) is 0 Å². The number of hydrogen-bond acceptors (Lipinski definition) is 2. The van der Waals surface area contributed by atoms with Gasteiger partial charge in [-0.2, -0.15) is 0 Å². The minimum atomic E-state index is 0.374. The Hall–Kier alpha value is -1.70. The predicted octanol–water partition coefficient (Wildman–Crippen LogP) is 4.55. The molecule has 0 heterocycles. The second-order valence-electron chi connectivity index (χ2n) is 4.18. The minimum absolute atomic E-state index is 0.374. The fourth-order valence-corrected chi connectivity index (χ4v) is 1.59. The van der Waals surface area contributed by atoms with Crippen molar-refractivity contribution in [1.82, 2.24) is 0 Å². The number of ether oxygens (including phenoxy) is 2. The van der Waals surface area contributed by atoms with Gasteiger partial charge in [0, 0.05) is 5.56 Å². The molecule has 2 heteroatoms. The summed E-state index contributed by atoms with van der Waals surface area (Å²) in [7, 11) is 0. The zero-order chi connectivity index (χ0) is 12.8. The fourth-order valence-electron chi connectivity index (χ4n) is 1.59. The summed E-state index contributed by atoms with van der Waals surface area (Å²) in [6.45, 7) is 11.8. The van der Waals surface area contributed by atoms with Gasteiger partial charge in [0.25, 0.3) is 0 Å². The summed E-state index contributed by atoms with van der Waals surface area (Å²) >= 11 is 0. The molecule has 0 saturated carbocycles. The maximum absolute atomic E-state index is 5.55. The van der Waals surface area contributed by atoms with Crippen molar-refractivity contribution in [2.45, 2.75) is 33.6 Å². The van der Waals surface area contributed by atoms with Gasteiger partial charge in [0.05, 0.1) is 12.5 Å². The average molecular weight is 232 g/mol. The van der Waals surface area contributed by atoms with Crippen molar-refractivity contribution in [3.63, 3.8) is 0 Å². The molecule has 0 N–H and O–H groups in total. The number of allylic oxidation sites excluding steroid dienone is 1. The summed E-state index contributed by atoms with van der Waals surface area (Å²) in [6, 6.07) is 4.01. The highest BCUT2D eigenvalue weighted by Crippen LogP contribution is 2.33. The summed E-state index contributed by atoms with van der Waals surface area (Å²) in [4.78, 5) is 0. The smallest absolute Gasteiger partial charge is 0.130 e. The Labute approximate surface area is 104 Å². The summed E-state index contributed by atoms with van der Waals surface area (Å²) in [5.74, 6) is 2.09. The standard InChI is InChI=1S/C15H20O2/c1-6-8-17-14-10-13(11(3)4)15(16-7-2)9-12(14)5/h6-11H,2H2,1,3-5H3/b8-6-. The van der Waals surface area contributed by atoms with Gasteiger partial charge in [-0.25, -0.2) is 0 Å². The SMILES string of the molecule is C=COc1cc(C)c(O/C=C\C)cc1C(C)C. The summed E-state index contributed by atoms with van der Waals surface area (Å²) in [5.41, 5.74) is 2.17. The molecule has 0 atom stereocenters. The van der Waals surface area contributed by atoms with Crippen molar-refractivity contribution in [1.29, 1.82) is 0 Å². The molecule has 0 bridgehead atoms. The van der Waals surface area contributed by atoms with Crippen LogP contribution in [0.2, 0.25) is 0 Å². The van der Waals surface area contributed by atoms with Crippen LogP contribution in [0.5, 0.6) is 11.5 Å². The monoisotopic (exact) mass is 232 g/mol. The minimum Gasteiger partial charge on any atom is -0.465 e. The summed E-state index contributed by atoms with van der Waals surface area (Å²) in [5, 5.41) is 0. The van der Waals surface area contributed by atoms with Crippen LogP contribution in [0.1, 0.15) is 37.8 Å². The van der Waals surface area contributed by atoms with Crippen LogP contribution >= 0.6 is 0 Å². The fraction of sp³-hybridized carbons (Fsp3) is 0.333. The van der Waals surface area contributed by atoms with E-state index in [0.29, 0.717) is 5.92 Å². The lowest BCUT2D eigenvalue weighted by Crippen LogP contribution is -1.96. The van der Waals surface area contributed by atoms with Crippen molar-refractivity contribution >= 4 is 0 Å². The maximum atomic E-state index is 5.55. The Bertz CT molecular complexity index is 417. The molecule has 1 rings (SSSR count). The third kappa shape index (κ3) is 3.38. The molecule has 0 aliphatic rings. The number of benzene rings is 1. The van der Waals surface area contributed by atoms with Crippen molar-refractivity contribution in [3.8, 4) is 11.5 Å². The highest BCUT2D eigenvalue weighted by molar-refractivity contribution is 5.47. The van der Waals surface area contributed by atoms with E-state index >= 15 is 0 Å². The maximum Gasteiger partial charge on any atom is 0.130 e. The Morgan fingerprint density at radius 3 is 2.41 bits per heavy atom. The lowest BCUT2D eigenvalue weighted by Gasteiger charge is -2.15. The van der Waals surface area contributed by atoms with Crippen molar-refractivity contribution in [2.75, 3.05) is 0 Å². The van der Waals surface area contributed by atoms with Crippen LogP contribution < -0.4 is 9.47 Å². The molecule has 0 radical (unpaired) electrons. The Morgan fingerprint density at radius 1 is 1.18 bits per heavy atom.